The lowest BCUT2D eigenvalue weighted by molar-refractivity contribution is -0.126. The monoisotopic (exact) mass is 270 g/mol. The molecule has 0 saturated heterocycles. The first-order valence-corrected chi connectivity index (χ1v) is 8.22. The second-order valence-corrected chi connectivity index (χ2v) is 7.03. The Morgan fingerprint density at radius 2 is 1.90 bits per heavy atom. The summed E-state index contributed by atoms with van der Waals surface area (Å²) in [5, 5.41) is 0. The minimum atomic E-state index is -0.0494. The maximum absolute atomic E-state index is 12.2. The molecular formula is C19H26O. The Labute approximate surface area is 122 Å². The number of allylic oxidation sites excluding steroid dienone is 5. The molecule has 3 aliphatic carbocycles. The molecule has 2 unspecified atom stereocenters. The number of fused-ring (bicyclic) bond motifs is 1. The summed E-state index contributed by atoms with van der Waals surface area (Å²) in [5.41, 5.74) is 4.25. The maximum Gasteiger partial charge on any atom is 0.139 e. The van der Waals surface area contributed by atoms with Gasteiger partial charge in [0.15, 0.2) is 0 Å². The lowest BCUT2D eigenvalue weighted by Gasteiger charge is -2.36. The summed E-state index contributed by atoms with van der Waals surface area (Å²) in [6.45, 7) is 6.40. The fraction of sp³-hybridized carbons (Fsp3) is 0.632. The van der Waals surface area contributed by atoms with Crippen molar-refractivity contribution in [3.8, 4) is 0 Å². The van der Waals surface area contributed by atoms with Crippen molar-refractivity contribution in [1.29, 1.82) is 0 Å². The Morgan fingerprint density at radius 1 is 1.10 bits per heavy atom. The highest BCUT2D eigenvalue weighted by molar-refractivity contribution is 5.87. The number of rotatable bonds is 1. The van der Waals surface area contributed by atoms with Gasteiger partial charge in [0, 0.05) is 11.8 Å². The van der Waals surface area contributed by atoms with E-state index in [-0.39, 0.29) is 5.41 Å². The molecule has 0 amide bonds. The van der Waals surface area contributed by atoms with Crippen molar-refractivity contribution in [3.05, 3.63) is 35.5 Å². The fourth-order valence-corrected chi connectivity index (χ4v) is 4.42. The highest BCUT2D eigenvalue weighted by Crippen LogP contribution is 2.52. The summed E-state index contributed by atoms with van der Waals surface area (Å²) in [6, 6.07) is 0. The Balaban J connectivity index is 1.82. The Bertz CT molecular complexity index is 494. The number of carbonyl (C=O) groups excluding carboxylic acids is 1. The second-order valence-electron chi connectivity index (χ2n) is 7.03. The molecule has 0 spiro atoms. The van der Waals surface area contributed by atoms with E-state index in [4.69, 9.17) is 0 Å². The largest absolute Gasteiger partial charge is 0.299 e. The van der Waals surface area contributed by atoms with Gasteiger partial charge in [-0.3, -0.25) is 4.79 Å². The van der Waals surface area contributed by atoms with Crippen LogP contribution < -0.4 is 0 Å². The molecule has 0 aliphatic heterocycles. The van der Waals surface area contributed by atoms with Gasteiger partial charge < -0.3 is 0 Å². The lowest BCUT2D eigenvalue weighted by atomic mass is 9.66. The zero-order valence-electron chi connectivity index (χ0n) is 12.7. The van der Waals surface area contributed by atoms with Crippen LogP contribution in [-0.2, 0) is 4.79 Å². The third-order valence-corrected chi connectivity index (χ3v) is 5.80. The van der Waals surface area contributed by atoms with Crippen molar-refractivity contribution in [2.24, 2.45) is 11.3 Å². The molecule has 2 atom stereocenters. The zero-order chi connectivity index (χ0) is 14.2. The van der Waals surface area contributed by atoms with E-state index < -0.39 is 0 Å². The van der Waals surface area contributed by atoms with Gasteiger partial charge in [0.25, 0.3) is 0 Å². The van der Waals surface area contributed by atoms with Gasteiger partial charge in [-0.15, -0.1) is 0 Å². The van der Waals surface area contributed by atoms with Crippen LogP contribution in [0.25, 0.3) is 0 Å². The van der Waals surface area contributed by atoms with E-state index in [1.807, 2.05) is 0 Å². The van der Waals surface area contributed by atoms with E-state index in [0.29, 0.717) is 11.7 Å². The average Bonchev–Trinajstić information content (AvgIpc) is 2.74. The summed E-state index contributed by atoms with van der Waals surface area (Å²) in [6.07, 6.45) is 14.9. The van der Waals surface area contributed by atoms with E-state index >= 15 is 0 Å². The van der Waals surface area contributed by atoms with E-state index in [1.54, 1.807) is 0 Å². The molecule has 1 heteroatoms. The van der Waals surface area contributed by atoms with Gasteiger partial charge >= 0.3 is 0 Å². The van der Waals surface area contributed by atoms with Gasteiger partial charge in [-0.1, -0.05) is 36.8 Å². The van der Waals surface area contributed by atoms with Gasteiger partial charge in [0.05, 0.1) is 0 Å². The molecule has 0 aromatic carbocycles. The minimum Gasteiger partial charge on any atom is -0.299 e. The molecule has 3 fully saturated rings. The topological polar surface area (TPSA) is 17.1 Å². The van der Waals surface area contributed by atoms with Gasteiger partial charge in [0.1, 0.15) is 5.78 Å². The molecule has 1 nitrogen and oxygen atoms in total. The molecule has 0 aromatic heterocycles. The van der Waals surface area contributed by atoms with E-state index in [1.165, 1.54) is 48.8 Å². The van der Waals surface area contributed by atoms with E-state index in [9.17, 15) is 4.79 Å². The number of carbonyl (C=O) groups is 1. The van der Waals surface area contributed by atoms with Crippen molar-refractivity contribution in [2.45, 2.75) is 64.7 Å². The molecule has 108 valence electrons. The highest BCUT2D eigenvalue weighted by atomic mass is 16.1. The van der Waals surface area contributed by atoms with E-state index in [2.05, 4.69) is 25.7 Å². The summed E-state index contributed by atoms with van der Waals surface area (Å²) in [5.74, 6) is 1.01. The first-order chi connectivity index (χ1) is 9.61. The van der Waals surface area contributed by atoms with Crippen molar-refractivity contribution in [1.82, 2.24) is 0 Å². The molecule has 3 rings (SSSR count). The third kappa shape index (κ3) is 2.32. The number of Topliss-reactive ketones (excluding diaryl/α,β-unsaturated/α-hetero) is 1. The maximum atomic E-state index is 12.2. The molecule has 3 saturated carbocycles. The smallest absolute Gasteiger partial charge is 0.139 e. The van der Waals surface area contributed by atoms with Crippen molar-refractivity contribution in [3.63, 3.8) is 0 Å². The second kappa shape index (κ2) is 5.35. The number of hydrogen-bond acceptors (Lipinski definition) is 1. The molecule has 0 N–H and O–H groups in total. The molecule has 0 heterocycles. The lowest BCUT2D eigenvalue weighted by Crippen LogP contribution is -2.33. The normalized spacial score (nSPS) is 38.5. The molecule has 0 bridgehead atoms. The molecule has 20 heavy (non-hydrogen) atoms. The summed E-state index contributed by atoms with van der Waals surface area (Å²) >= 11 is 0. The summed E-state index contributed by atoms with van der Waals surface area (Å²) in [4.78, 5) is 12.2. The van der Waals surface area contributed by atoms with Gasteiger partial charge in [-0.25, -0.2) is 0 Å². The van der Waals surface area contributed by atoms with E-state index in [0.717, 1.165) is 25.7 Å². The number of hydrogen-bond donors (Lipinski definition) is 0. The van der Waals surface area contributed by atoms with Crippen LogP contribution in [0.4, 0.5) is 0 Å². The predicted octanol–water partition coefficient (Wildman–Crippen LogP) is 5.14. The third-order valence-electron chi connectivity index (χ3n) is 5.80. The van der Waals surface area contributed by atoms with Crippen LogP contribution in [0.2, 0.25) is 0 Å². The first-order valence-electron chi connectivity index (χ1n) is 8.22. The first kappa shape index (κ1) is 13.9. The molecular weight excluding hydrogens is 244 g/mol. The Morgan fingerprint density at radius 3 is 2.70 bits per heavy atom. The van der Waals surface area contributed by atoms with Crippen molar-refractivity contribution in [2.75, 3.05) is 0 Å². The zero-order valence-corrected chi connectivity index (χ0v) is 12.7. The average molecular weight is 270 g/mol. The molecule has 0 aromatic rings. The summed E-state index contributed by atoms with van der Waals surface area (Å²) in [7, 11) is 0. The quantitative estimate of drug-likeness (QED) is 0.645. The molecule has 0 radical (unpaired) electrons. The minimum absolute atomic E-state index is 0.0494. The van der Waals surface area contributed by atoms with Crippen LogP contribution in [0.15, 0.2) is 35.5 Å². The van der Waals surface area contributed by atoms with Crippen LogP contribution in [0.3, 0.4) is 0 Å². The van der Waals surface area contributed by atoms with Crippen LogP contribution in [-0.4, -0.2) is 5.78 Å². The van der Waals surface area contributed by atoms with Gasteiger partial charge in [-0.05, 0) is 62.9 Å². The summed E-state index contributed by atoms with van der Waals surface area (Å²) < 4.78 is 0. The van der Waals surface area contributed by atoms with Crippen LogP contribution in [0.1, 0.15) is 64.7 Å². The predicted molar refractivity (Wildman–Crippen MR) is 83.5 cm³/mol. The fourth-order valence-electron chi connectivity index (χ4n) is 4.42. The van der Waals surface area contributed by atoms with Crippen LogP contribution >= 0.6 is 0 Å². The van der Waals surface area contributed by atoms with Gasteiger partial charge in [-0.2, -0.15) is 0 Å². The molecule has 3 aliphatic rings. The Hall–Kier alpha value is -1.11. The highest BCUT2D eigenvalue weighted by Gasteiger charge is 2.48. The van der Waals surface area contributed by atoms with Crippen LogP contribution in [0.5, 0.6) is 0 Å². The SMILES string of the molecule is C=C1CCCC/C1=C/C=C1\CCCC2(C)C(=O)CCC12. The van der Waals surface area contributed by atoms with Crippen molar-refractivity contribution < 1.29 is 4.79 Å². The standard InChI is InChI=1S/C19H26O/c1-14-6-3-4-7-15(14)9-10-16-8-5-13-19(2)17(16)11-12-18(19)20/h9-10,17H,1,3-8,11-13H2,2H3/b15-9-,16-10+. The van der Waals surface area contributed by atoms with Crippen LogP contribution in [0, 0.1) is 11.3 Å². The van der Waals surface area contributed by atoms with Gasteiger partial charge in [0.2, 0.25) is 0 Å². The Kier molecular flexibility index (Phi) is 3.70. The number of ketones is 1. The van der Waals surface area contributed by atoms with Crippen molar-refractivity contribution >= 4 is 5.78 Å².